The standard InChI is InChI=1S/C17H27N3O2S/c1-12(2)20(13(3)4)11-10-18-17(23)19-15-8-6-14(7-9-15)16(21)22-5/h6-9,12-13H,10-11H2,1-5H3,(H2,18,19,23). The molecular formula is C17H27N3O2S. The summed E-state index contributed by atoms with van der Waals surface area (Å²) in [6.07, 6.45) is 0. The van der Waals surface area contributed by atoms with Crippen LogP contribution in [0.15, 0.2) is 24.3 Å². The summed E-state index contributed by atoms with van der Waals surface area (Å²) in [5, 5.41) is 6.89. The monoisotopic (exact) mass is 337 g/mol. The van der Waals surface area contributed by atoms with Gasteiger partial charge in [-0.05, 0) is 64.2 Å². The van der Waals surface area contributed by atoms with Gasteiger partial charge >= 0.3 is 5.97 Å². The van der Waals surface area contributed by atoms with Crippen LogP contribution in [0.4, 0.5) is 5.69 Å². The highest BCUT2D eigenvalue weighted by Crippen LogP contribution is 2.10. The molecular weight excluding hydrogens is 310 g/mol. The molecule has 0 aliphatic heterocycles. The van der Waals surface area contributed by atoms with Gasteiger partial charge in [0.2, 0.25) is 0 Å². The minimum atomic E-state index is -0.347. The predicted octanol–water partition coefficient (Wildman–Crippen LogP) is 2.88. The van der Waals surface area contributed by atoms with E-state index in [0.717, 1.165) is 18.8 Å². The third kappa shape index (κ3) is 6.54. The molecule has 2 N–H and O–H groups in total. The maximum Gasteiger partial charge on any atom is 0.337 e. The van der Waals surface area contributed by atoms with Crippen molar-refractivity contribution in [2.45, 2.75) is 39.8 Å². The molecule has 1 aromatic rings. The van der Waals surface area contributed by atoms with Gasteiger partial charge in [-0.25, -0.2) is 4.79 Å². The highest BCUT2D eigenvalue weighted by Gasteiger charge is 2.12. The smallest absolute Gasteiger partial charge is 0.337 e. The lowest BCUT2D eigenvalue weighted by Gasteiger charge is -2.30. The highest BCUT2D eigenvalue weighted by molar-refractivity contribution is 7.80. The average molecular weight is 337 g/mol. The summed E-state index contributed by atoms with van der Waals surface area (Å²) in [5.74, 6) is -0.347. The van der Waals surface area contributed by atoms with Crippen molar-refractivity contribution < 1.29 is 9.53 Å². The zero-order chi connectivity index (χ0) is 17.4. The summed E-state index contributed by atoms with van der Waals surface area (Å²) in [6.45, 7) is 10.5. The fraction of sp³-hybridized carbons (Fsp3) is 0.529. The molecule has 0 aliphatic carbocycles. The number of carbonyl (C=O) groups is 1. The van der Waals surface area contributed by atoms with Crippen LogP contribution >= 0.6 is 12.2 Å². The quantitative estimate of drug-likeness (QED) is 0.589. The number of methoxy groups -OCH3 is 1. The van der Waals surface area contributed by atoms with Crippen LogP contribution in [0.1, 0.15) is 38.1 Å². The van der Waals surface area contributed by atoms with Gasteiger partial charge in [0.15, 0.2) is 5.11 Å². The van der Waals surface area contributed by atoms with E-state index < -0.39 is 0 Å². The molecule has 5 nitrogen and oxygen atoms in total. The number of thiocarbonyl (C=S) groups is 1. The number of rotatable bonds is 7. The zero-order valence-electron chi connectivity index (χ0n) is 14.6. The van der Waals surface area contributed by atoms with Crippen molar-refractivity contribution in [2.75, 3.05) is 25.5 Å². The van der Waals surface area contributed by atoms with Crippen molar-refractivity contribution in [3.8, 4) is 0 Å². The first kappa shape index (κ1) is 19.4. The van der Waals surface area contributed by atoms with E-state index in [1.54, 1.807) is 24.3 Å². The number of esters is 1. The van der Waals surface area contributed by atoms with Crippen LogP contribution in [0.3, 0.4) is 0 Å². The number of anilines is 1. The normalized spacial score (nSPS) is 11.0. The van der Waals surface area contributed by atoms with Gasteiger partial charge in [0, 0.05) is 30.9 Å². The minimum Gasteiger partial charge on any atom is -0.465 e. The lowest BCUT2D eigenvalue weighted by molar-refractivity contribution is 0.0601. The number of ether oxygens (including phenoxy) is 1. The van der Waals surface area contributed by atoms with Crippen molar-refractivity contribution in [3.05, 3.63) is 29.8 Å². The first-order valence-corrected chi connectivity index (χ1v) is 8.25. The molecule has 0 aliphatic rings. The second kappa shape index (κ2) is 9.47. The Hall–Kier alpha value is -1.66. The molecule has 6 heteroatoms. The first-order chi connectivity index (χ1) is 10.8. The molecule has 0 atom stereocenters. The zero-order valence-corrected chi connectivity index (χ0v) is 15.4. The van der Waals surface area contributed by atoms with Gasteiger partial charge in [0.1, 0.15) is 0 Å². The highest BCUT2D eigenvalue weighted by atomic mass is 32.1. The Morgan fingerprint density at radius 1 is 1.17 bits per heavy atom. The summed E-state index contributed by atoms with van der Waals surface area (Å²) in [7, 11) is 1.37. The fourth-order valence-corrected chi connectivity index (χ4v) is 2.61. The molecule has 0 unspecified atom stereocenters. The number of hydrogen-bond donors (Lipinski definition) is 2. The molecule has 23 heavy (non-hydrogen) atoms. The van der Waals surface area contributed by atoms with E-state index in [2.05, 4.69) is 48.0 Å². The van der Waals surface area contributed by atoms with E-state index in [1.165, 1.54) is 7.11 Å². The van der Waals surface area contributed by atoms with Crippen LogP contribution in [-0.4, -0.2) is 48.3 Å². The summed E-state index contributed by atoms with van der Waals surface area (Å²) in [4.78, 5) is 13.8. The van der Waals surface area contributed by atoms with Crippen molar-refractivity contribution in [1.29, 1.82) is 0 Å². The molecule has 128 valence electrons. The van der Waals surface area contributed by atoms with Crippen LogP contribution in [0.5, 0.6) is 0 Å². The third-order valence-corrected chi connectivity index (χ3v) is 3.79. The van der Waals surface area contributed by atoms with Gasteiger partial charge in [-0.3, -0.25) is 4.90 Å². The van der Waals surface area contributed by atoms with E-state index in [1.807, 2.05) is 0 Å². The van der Waals surface area contributed by atoms with Crippen molar-refractivity contribution >= 4 is 29.0 Å². The van der Waals surface area contributed by atoms with Crippen molar-refractivity contribution in [2.24, 2.45) is 0 Å². The first-order valence-electron chi connectivity index (χ1n) is 7.84. The second-order valence-corrected chi connectivity index (χ2v) is 6.28. The lowest BCUT2D eigenvalue weighted by atomic mass is 10.2. The van der Waals surface area contributed by atoms with Crippen molar-refractivity contribution in [1.82, 2.24) is 10.2 Å². The molecule has 0 saturated carbocycles. The Kier molecular flexibility index (Phi) is 7.98. The summed E-state index contributed by atoms with van der Waals surface area (Å²) in [6, 6.07) is 8.02. The molecule has 0 bridgehead atoms. The van der Waals surface area contributed by atoms with Crippen LogP contribution in [0, 0.1) is 0 Å². The van der Waals surface area contributed by atoms with E-state index in [0.29, 0.717) is 22.8 Å². The largest absolute Gasteiger partial charge is 0.465 e. The lowest BCUT2D eigenvalue weighted by Crippen LogP contribution is -2.43. The van der Waals surface area contributed by atoms with E-state index in [-0.39, 0.29) is 5.97 Å². The Morgan fingerprint density at radius 2 is 1.74 bits per heavy atom. The Balaban J connectivity index is 2.43. The molecule has 0 amide bonds. The Morgan fingerprint density at radius 3 is 2.22 bits per heavy atom. The average Bonchev–Trinajstić information content (AvgIpc) is 2.50. The van der Waals surface area contributed by atoms with E-state index in [4.69, 9.17) is 12.2 Å². The summed E-state index contributed by atoms with van der Waals surface area (Å²) >= 11 is 5.29. The summed E-state index contributed by atoms with van der Waals surface area (Å²) < 4.78 is 4.67. The maximum absolute atomic E-state index is 11.4. The molecule has 1 rings (SSSR count). The van der Waals surface area contributed by atoms with Gasteiger partial charge in [-0.2, -0.15) is 0 Å². The van der Waals surface area contributed by atoms with Gasteiger partial charge in [0.05, 0.1) is 12.7 Å². The van der Waals surface area contributed by atoms with Gasteiger partial charge in [0.25, 0.3) is 0 Å². The van der Waals surface area contributed by atoms with Gasteiger partial charge < -0.3 is 15.4 Å². The van der Waals surface area contributed by atoms with E-state index >= 15 is 0 Å². The topological polar surface area (TPSA) is 53.6 Å². The van der Waals surface area contributed by atoms with Gasteiger partial charge in [-0.15, -0.1) is 0 Å². The number of nitrogens with one attached hydrogen (secondary N) is 2. The molecule has 0 saturated heterocycles. The molecule has 0 heterocycles. The van der Waals surface area contributed by atoms with Crippen LogP contribution < -0.4 is 10.6 Å². The molecule has 1 aromatic carbocycles. The SMILES string of the molecule is COC(=O)c1ccc(NC(=S)NCCN(C(C)C)C(C)C)cc1. The van der Waals surface area contributed by atoms with E-state index in [9.17, 15) is 4.79 Å². The fourth-order valence-electron chi connectivity index (χ4n) is 2.39. The Bertz CT molecular complexity index is 507. The van der Waals surface area contributed by atoms with Crippen LogP contribution in [-0.2, 0) is 4.74 Å². The summed E-state index contributed by atoms with van der Waals surface area (Å²) in [5.41, 5.74) is 1.35. The Labute approximate surface area is 144 Å². The number of nitrogens with zero attached hydrogens (tertiary/aromatic N) is 1. The molecule has 0 fully saturated rings. The third-order valence-electron chi connectivity index (χ3n) is 3.55. The van der Waals surface area contributed by atoms with Crippen LogP contribution in [0.25, 0.3) is 0 Å². The maximum atomic E-state index is 11.4. The molecule has 0 spiro atoms. The van der Waals surface area contributed by atoms with Crippen LogP contribution in [0.2, 0.25) is 0 Å². The minimum absolute atomic E-state index is 0.347. The molecule has 0 radical (unpaired) electrons. The number of carbonyl (C=O) groups excluding carboxylic acids is 1. The second-order valence-electron chi connectivity index (χ2n) is 5.88. The predicted molar refractivity (Wildman–Crippen MR) is 99.0 cm³/mol. The van der Waals surface area contributed by atoms with Crippen molar-refractivity contribution in [3.63, 3.8) is 0 Å². The molecule has 0 aromatic heterocycles. The van der Waals surface area contributed by atoms with Gasteiger partial charge in [-0.1, -0.05) is 0 Å². The number of hydrogen-bond acceptors (Lipinski definition) is 4. The number of benzene rings is 1.